The van der Waals surface area contributed by atoms with Gasteiger partial charge in [-0.3, -0.25) is 14.9 Å². The Kier molecular flexibility index (Phi) is 7.14. The maximum absolute atomic E-state index is 11.8. The van der Waals surface area contributed by atoms with Crippen LogP contribution in [-0.2, 0) is 9.59 Å². The van der Waals surface area contributed by atoms with Crippen LogP contribution in [0.2, 0.25) is 0 Å². The molecule has 0 aromatic heterocycles. The van der Waals surface area contributed by atoms with Gasteiger partial charge in [0.1, 0.15) is 0 Å². The Bertz CT molecular complexity index is 386. The van der Waals surface area contributed by atoms with Crippen LogP contribution in [0.5, 0.6) is 0 Å². The van der Waals surface area contributed by atoms with Crippen molar-refractivity contribution in [1.82, 2.24) is 16.0 Å². The molecule has 7 heteroatoms. The van der Waals surface area contributed by atoms with E-state index in [1.54, 1.807) is 13.8 Å². The van der Waals surface area contributed by atoms with Crippen LogP contribution < -0.4 is 16.0 Å². The van der Waals surface area contributed by atoms with E-state index in [1.165, 1.54) is 0 Å². The van der Waals surface area contributed by atoms with Gasteiger partial charge < -0.3 is 15.7 Å². The van der Waals surface area contributed by atoms with Crippen LogP contribution in [0.3, 0.4) is 0 Å². The van der Waals surface area contributed by atoms with Crippen molar-refractivity contribution in [3.63, 3.8) is 0 Å². The van der Waals surface area contributed by atoms with Crippen molar-refractivity contribution in [2.45, 2.75) is 45.6 Å². The summed E-state index contributed by atoms with van der Waals surface area (Å²) < 4.78 is 0. The number of aliphatic carboxylic acids is 1. The fourth-order valence-electron chi connectivity index (χ4n) is 2.62. The molecule has 0 spiro atoms. The van der Waals surface area contributed by atoms with Gasteiger partial charge in [0.05, 0.1) is 12.0 Å². The molecule has 7 nitrogen and oxygen atoms in total. The third-order valence-corrected chi connectivity index (χ3v) is 3.88. The molecule has 1 fully saturated rings. The lowest BCUT2D eigenvalue weighted by Crippen LogP contribution is -2.49. The van der Waals surface area contributed by atoms with Crippen LogP contribution >= 0.6 is 0 Å². The molecule has 1 rings (SSSR count). The van der Waals surface area contributed by atoms with Crippen molar-refractivity contribution < 1.29 is 19.5 Å². The first-order valence-electron chi connectivity index (χ1n) is 7.50. The largest absolute Gasteiger partial charge is 0.481 e. The number of hydrogen-bond donors (Lipinski definition) is 4. The monoisotopic (exact) mass is 299 g/mol. The van der Waals surface area contributed by atoms with Crippen LogP contribution in [0.1, 0.15) is 39.5 Å². The van der Waals surface area contributed by atoms with Crippen molar-refractivity contribution in [3.05, 3.63) is 0 Å². The minimum absolute atomic E-state index is 0.0379. The van der Waals surface area contributed by atoms with E-state index in [2.05, 4.69) is 16.0 Å². The van der Waals surface area contributed by atoms with Gasteiger partial charge in [-0.1, -0.05) is 12.8 Å². The van der Waals surface area contributed by atoms with Gasteiger partial charge in [0.25, 0.3) is 0 Å². The van der Waals surface area contributed by atoms with E-state index in [0.717, 1.165) is 19.3 Å². The number of urea groups is 1. The number of amides is 3. The molecule has 0 bridgehead atoms. The standard InChI is InChI=1S/C14H25N3O4/c1-3-15-14(21)17-12(18)9(2)16-8-10-6-4-5-7-11(10)13(19)20/h9-11,16H,3-8H2,1-2H3,(H,19,20)(H2,15,17,18,21). The van der Waals surface area contributed by atoms with Crippen molar-refractivity contribution >= 4 is 17.9 Å². The second-order valence-corrected chi connectivity index (χ2v) is 5.47. The average molecular weight is 299 g/mol. The molecule has 3 unspecified atom stereocenters. The van der Waals surface area contributed by atoms with E-state index >= 15 is 0 Å². The fraction of sp³-hybridized carbons (Fsp3) is 0.786. The van der Waals surface area contributed by atoms with Crippen molar-refractivity contribution in [3.8, 4) is 0 Å². The summed E-state index contributed by atoms with van der Waals surface area (Å²) in [6.07, 6.45) is 3.52. The molecule has 0 heterocycles. The molecule has 1 saturated carbocycles. The first-order valence-corrected chi connectivity index (χ1v) is 7.50. The third-order valence-electron chi connectivity index (χ3n) is 3.88. The minimum atomic E-state index is -0.763. The lowest BCUT2D eigenvalue weighted by Gasteiger charge is -2.29. The second kappa shape index (κ2) is 8.61. The molecular weight excluding hydrogens is 274 g/mol. The first kappa shape index (κ1) is 17.4. The normalized spacial score (nSPS) is 23.1. The quantitative estimate of drug-likeness (QED) is 0.577. The Balaban J connectivity index is 2.40. The number of rotatable bonds is 6. The van der Waals surface area contributed by atoms with Gasteiger partial charge in [0.15, 0.2) is 0 Å². The Morgan fingerprint density at radius 1 is 1.24 bits per heavy atom. The summed E-state index contributed by atoms with van der Waals surface area (Å²) in [4.78, 5) is 34.2. The summed E-state index contributed by atoms with van der Waals surface area (Å²) in [6, 6.07) is -1.05. The molecule has 120 valence electrons. The predicted octanol–water partition coefficient (Wildman–Crippen LogP) is 0.701. The summed E-state index contributed by atoms with van der Waals surface area (Å²) in [6.45, 7) is 4.35. The number of imide groups is 1. The summed E-state index contributed by atoms with van der Waals surface area (Å²) in [5, 5.41) is 16.9. The van der Waals surface area contributed by atoms with Crippen LogP contribution in [0.4, 0.5) is 4.79 Å². The summed E-state index contributed by atoms with van der Waals surface area (Å²) in [7, 11) is 0. The van der Waals surface area contributed by atoms with Crippen LogP contribution in [0.15, 0.2) is 0 Å². The topological polar surface area (TPSA) is 108 Å². The SMILES string of the molecule is CCNC(=O)NC(=O)C(C)NCC1CCCCC1C(=O)O. The van der Waals surface area contributed by atoms with Crippen molar-refractivity contribution in [2.75, 3.05) is 13.1 Å². The lowest BCUT2D eigenvalue weighted by atomic mass is 9.79. The van der Waals surface area contributed by atoms with Crippen molar-refractivity contribution in [1.29, 1.82) is 0 Å². The summed E-state index contributed by atoms with van der Waals surface area (Å²) >= 11 is 0. The molecule has 1 aliphatic rings. The predicted molar refractivity (Wildman–Crippen MR) is 77.8 cm³/mol. The first-order chi connectivity index (χ1) is 9.95. The maximum Gasteiger partial charge on any atom is 0.321 e. The Morgan fingerprint density at radius 3 is 2.52 bits per heavy atom. The van der Waals surface area contributed by atoms with Crippen molar-refractivity contribution in [2.24, 2.45) is 11.8 Å². The van der Waals surface area contributed by atoms with E-state index in [0.29, 0.717) is 19.5 Å². The zero-order chi connectivity index (χ0) is 15.8. The van der Waals surface area contributed by atoms with Gasteiger partial charge in [-0.15, -0.1) is 0 Å². The molecule has 4 N–H and O–H groups in total. The maximum atomic E-state index is 11.8. The van der Waals surface area contributed by atoms with Crippen LogP contribution in [0.25, 0.3) is 0 Å². The van der Waals surface area contributed by atoms with Crippen LogP contribution in [0, 0.1) is 11.8 Å². The average Bonchev–Trinajstić information content (AvgIpc) is 2.45. The van der Waals surface area contributed by atoms with Gasteiger partial charge in [0, 0.05) is 6.54 Å². The van der Waals surface area contributed by atoms with Gasteiger partial charge >= 0.3 is 12.0 Å². The molecule has 0 aliphatic heterocycles. The fourth-order valence-corrected chi connectivity index (χ4v) is 2.62. The van der Waals surface area contributed by atoms with E-state index < -0.39 is 23.9 Å². The second-order valence-electron chi connectivity index (χ2n) is 5.47. The molecule has 3 atom stereocenters. The minimum Gasteiger partial charge on any atom is -0.481 e. The van der Waals surface area contributed by atoms with E-state index in [-0.39, 0.29) is 11.8 Å². The molecular formula is C14H25N3O4. The number of carboxylic acids is 1. The number of carbonyl (C=O) groups excluding carboxylic acids is 2. The molecule has 0 aromatic carbocycles. The number of hydrogen-bond acceptors (Lipinski definition) is 4. The molecule has 21 heavy (non-hydrogen) atoms. The van der Waals surface area contributed by atoms with Gasteiger partial charge in [-0.25, -0.2) is 4.79 Å². The Hall–Kier alpha value is -1.63. The molecule has 0 radical (unpaired) electrons. The molecule has 0 aromatic rings. The summed E-state index contributed by atoms with van der Waals surface area (Å²) in [5.41, 5.74) is 0. The number of carbonyl (C=O) groups is 3. The van der Waals surface area contributed by atoms with Gasteiger partial charge in [0.2, 0.25) is 5.91 Å². The highest BCUT2D eigenvalue weighted by Gasteiger charge is 2.31. The lowest BCUT2D eigenvalue weighted by molar-refractivity contribution is -0.144. The van der Waals surface area contributed by atoms with Crippen LogP contribution in [-0.4, -0.2) is 42.1 Å². The van der Waals surface area contributed by atoms with E-state index in [4.69, 9.17) is 0 Å². The highest BCUT2D eigenvalue weighted by atomic mass is 16.4. The Labute approximate surface area is 124 Å². The third kappa shape index (κ3) is 5.71. The summed E-state index contributed by atoms with van der Waals surface area (Å²) in [5.74, 6) is -1.48. The van der Waals surface area contributed by atoms with E-state index in [9.17, 15) is 19.5 Å². The zero-order valence-corrected chi connectivity index (χ0v) is 12.6. The van der Waals surface area contributed by atoms with E-state index in [1.807, 2.05) is 0 Å². The van der Waals surface area contributed by atoms with Gasteiger partial charge in [-0.05, 0) is 39.2 Å². The Morgan fingerprint density at radius 2 is 1.90 bits per heavy atom. The zero-order valence-electron chi connectivity index (χ0n) is 12.6. The smallest absolute Gasteiger partial charge is 0.321 e. The highest BCUT2D eigenvalue weighted by Crippen LogP contribution is 2.29. The molecule has 0 saturated heterocycles. The number of nitrogens with one attached hydrogen (secondary N) is 3. The number of carboxylic acid groups (broad SMARTS) is 1. The van der Waals surface area contributed by atoms with Gasteiger partial charge in [-0.2, -0.15) is 0 Å². The molecule has 3 amide bonds. The molecule has 1 aliphatic carbocycles. The highest BCUT2D eigenvalue weighted by molar-refractivity contribution is 5.96.